The maximum atomic E-state index is 12.5. The van der Waals surface area contributed by atoms with E-state index in [-0.39, 0.29) is 11.9 Å². The van der Waals surface area contributed by atoms with Gasteiger partial charge in [0.05, 0.1) is 12.5 Å². The Morgan fingerprint density at radius 2 is 2.28 bits per heavy atom. The van der Waals surface area contributed by atoms with Crippen LogP contribution in [0.2, 0.25) is 0 Å². The number of fused-ring (bicyclic) bond motifs is 1. The molecule has 4 aromatic rings. The van der Waals surface area contributed by atoms with Crippen molar-refractivity contribution in [2.45, 2.75) is 19.4 Å². The summed E-state index contributed by atoms with van der Waals surface area (Å²) in [7, 11) is 0. The van der Waals surface area contributed by atoms with Crippen molar-refractivity contribution < 1.29 is 9.32 Å². The lowest BCUT2D eigenvalue weighted by Crippen LogP contribution is -2.31. The lowest BCUT2D eigenvalue weighted by Gasteiger charge is -2.17. The molecule has 1 fully saturated rings. The van der Waals surface area contributed by atoms with Crippen molar-refractivity contribution in [1.82, 2.24) is 30.0 Å². The van der Waals surface area contributed by atoms with Gasteiger partial charge in [-0.1, -0.05) is 17.3 Å². The summed E-state index contributed by atoms with van der Waals surface area (Å²) in [5.41, 5.74) is 1.38. The number of hydrogen-bond donors (Lipinski definition) is 2. The highest BCUT2D eigenvalue weighted by molar-refractivity contribution is 5.95. The van der Waals surface area contributed by atoms with E-state index in [9.17, 15) is 4.79 Å². The number of aryl methyl sites for hydroxylation is 1. The molecule has 1 unspecified atom stereocenters. The van der Waals surface area contributed by atoms with Gasteiger partial charge < -0.3 is 19.7 Å². The van der Waals surface area contributed by atoms with Crippen molar-refractivity contribution in [3.05, 3.63) is 54.6 Å². The molecule has 1 aliphatic rings. The van der Waals surface area contributed by atoms with Crippen LogP contribution in [0.3, 0.4) is 0 Å². The molecular weight excluding hydrogens is 370 g/mol. The number of nitrogens with one attached hydrogen (secondary N) is 2. The molecule has 3 aromatic heterocycles. The summed E-state index contributed by atoms with van der Waals surface area (Å²) < 4.78 is 5.10. The Kier molecular flexibility index (Phi) is 4.19. The summed E-state index contributed by atoms with van der Waals surface area (Å²) in [5.74, 6) is 1.83. The minimum absolute atomic E-state index is 0.0348. The van der Waals surface area contributed by atoms with Crippen molar-refractivity contribution in [3.63, 3.8) is 0 Å². The molecule has 9 heteroatoms. The molecule has 0 aliphatic carbocycles. The summed E-state index contributed by atoms with van der Waals surface area (Å²) in [5, 5.41) is 9.55. The molecule has 1 saturated heterocycles. The van der Waals surface area contributed by atoms with E-state index in [4.69, 9.17) is 4.52 Å². The van der Waals surface area contributed by atoms with Gasteiger partial charge in [-0.3, -0.25) is 4.79 Å². The van der Waals surface area contributed by atoms with Crippen LogP contribution in [0.1, 0.15) is 22.8 Å². The Morgan fingerprint density at radius 1 is 1.34 bits per heavy atom. The zero-order chi connectivity index (χ0) is 19.8. The van der Waals surface area contributed by atoms with Crippen LogP contribution in [0, 0.1) is 6.92 Å². The molecule has 0 spiro atoms. The van der Waals surface area contributed by atoms with Crippen LogP contribution in [0.5, 0.6) is 0 Å². The quantitative estimate of drug-likeness (QED) is 0.552. The van der Waals surface area contributed by atoms with E-state index in [0.717, 1.165) is 28.6 Å². The van der Waals surface area contributed by atoms with Crippen LogP contribution in [-0.4, -0.2) is 55.0 Å². The average Bonchev–Trinajstić information content (AvgIpc) is 3.50. The second kappa shape index (κ2) is 7.01. The first-order chi connectivity index (χ1) is 14.2. The Hall–Kier alpha value is -3.75. The number of anilines is 1. The number of carbonyl (C=O) groups excluding carboxylic acids is 1. The number of pyridine rings is 1. The monoisotopic (exact) mass is 389 g/mol. The summed E-state index contributed by atoms with van der Waals surface area (Å²) in [4.78, 5) is 30.0. The number of rotatable bonds is 4. The van der Waals surface area contributed by atoms with Crippen LogP contribution >= 0.6 is 0 Å². The largest absolute Gasteiger partial charge is 0.365 e. The molecule has 4 heterocycles. The number of H-pyrrole nitrogens is 1. The van der Waals surface area contributed by atoms with Crippen molar-refractivity contribution in [2.75, 3.05) is 18.4 Å². The molecule has 5 rings (SSSR count). The van der Waals surface area contributed by atoms with Gasteiger partial charge in [0.1, 0.15) is 11.5 Å². The molecule has 1 amide bonds. The van der Waals surface area contributed by atoms with Gasteiger partial charge in [-0.2, -0.15) is 4.98 Å². The zero-order valence-electron chi connectivity index (χ0n) is 15.8. The highest BCUT2D eigenvalue weighted by atomic mass is 16.5. The van der Waals surface area contributed by atoms with Crippen molar-refractivity contribution in [2.24, 2.45) is 0 Å². The van der Waals surface area contributed by atoms with E-state index in [1.165, 1.54) is 6.33 Å². The third-order valence-corrected chi connectivity index (χ3v) is 5.10. The lowest BCUT2D eigenvalue weighted by atomic mass is 10.1. The maximum Gasteiger partial charge on any atom is 0.271 e. The predicted molar refractivity (Wildman–Crippen MR) is 106 cm³/mol. The topological polar surface area (TPSA) is 113 Å². The maximum absolute atomic E-state index is 12.5. The number of imidazole rings is 1. The smallest absolute Gasteiger partial charge is 0.271 e. The third kappa shape index (κ3) is 3.31. The molecule has 1 aromatic carbocycles. The zero-order valence-corrected chi connectivity index (χ0v) is 15.8. The Bertz CT molecular complexity index is 1170. The van der Waals surface area contributed by atoms with E-state index in [1.807, 2.05) is 29.2 Å². The number of carbonyl (C=O) groups is 1. The molecule has 2 N–H and O–H groups in total. The highest BCUT2D eigenvalue weighted by Gasteiger charge is 2.28. The Labute approximate surface area is 166 Å². The molecule has 0 saturated carbocycles. The van der Waals surface area contributed by atoms with Gasteiger partial charge in [0.25, 0.3) is 5.91 Å². The predicted octanol–water partition coefficient (Wildman–Crippen LogP) is 2.64. The molecule has 29 heavy (non-hydrogen) atoms. The third-order valence-electron chi connectivity index (χ3n) is 5.10. The van der Waals surface area contributed by atoms with E-state index in [0.29, 0.717) is 30.5 Å². The molecule has 9 nitrogen and oxygen atoms in total. The van der Waals surface area contributed by atoms with Crippen LogP contribution in [0.25, 0.3) is 22.2 Å². The van der Waals surface area contributed by atoms with Gasteiger partial charge in [0, 0.05) is 43.2 Å². The van der Waals surface area contributed by atoms with Gasteiger partial charge in [0.2, 0.25) is 11.7 Å². The molecule has 1 aliphatic heterocycles. The Morgan fingerprint density at radius 3 is 3.07 bits per heavy atom. The van der Waals surface area contributed by atoms with Crippen molar-refractivity contribution >= 4 is 22.5 Å². The number of aromatic nitrogens is 5. The number of likely N-dealkylation sites (tertiary alicyclic amines) is 1. The highest BCUT2D eigenvalue weighted by Crippen LogP contribution is 2.28. The van der Waals surface area contributed by atoms with Gasteiger partial charge in [-0.05, 0) is 23.9 Å². The van der Waals surface area contributed by atoms with Gasteiger partial charge in [-0.25, -0.2) is 9.97 Å². The fourth-order valence-electron chi connectivity index (χ4n) is 3.64. The molecule has 1 atom stereocenters. The first kappa shape index (κ1) is 17.4. The number of hydrogen-bond acceptors (Lipinski definition) is 7. The number of aromatic amines is 1. The first-order valence-electron chi connectivity index (χ1n) is 9.41. The fourth-order valence-corrected chi connectivity index (χ4v) is 3.64. The fraction of sp³-hybridized carbons (Fsp3) is 0.250. The number of amides is 1. The summed E-state index contributed by atoms with van der Waals surface area (Å²) in [6.07, 6.45) is 5.70. The van der Waals surface area contributed by atoms with Crippen LogP contribution < -0.4 is 5.32 Å². The normalized spacial score (nSPS) is 16.4. The van der Waals surface area contributed by atoms with Crippen molar-refractivity contribution in [3.8, 4) is 11.4 Å². The lowest BCUT2D eigenvalue weighted by molar-refractivity contribution is 0.0786. The minimum Gasteiger partial charge on any atom is -0.365 e. The van der Waals surface area contributed by atoms with Gasteiger partial charge in [0.15, 0.2) is 0 Å². The number of nitrogens with zero attached hydrogens (tertiary/aromatic N) is 5. The molecular formula is C20H19N7O2. The molecule has 0 bridgehead atoms. The SMILES string of the molecule is Cc1nc(-c2ccc3ccnc(NC4CCN(C(=O)c5cnc[nH]5)C4)c3c2)no1. The van der Waals surface area contributed by atoms with Crippen LogP contribution in [-0.2, 0) is 0 Å². The standard InChI is InChI=1S/C20H19N7O2/c1-12-24-18(26-29-12)14-3-2-13-4-6-22-19(16(13)8-14)25-15-5-7-27(10-15)20(28)17-9-21-11-23-17/h2-4,6,8-9,11,15H,5,7,10H2,1H3,(H,21,23)(H,22,25). The van der Waals surface area contributed by atoms with E-state index in [2.05, 4.69) is 30.4 Å². The van der Waals surface area contributed by atoms with E-state index >= 15 is 0 Å². The molecule has 146 valence electrons. The summed E-state index contributed by atoms with van der Waals surface area (Å²) in [6, 6.07) is 8.09. The second-order valence-corrected chi connectivity index (χ2v) is 7.08. The van der Waals surface area contributed by atoms with Gasteiger partial charge >= 0.3 is 0 Å². The van der Waals surface area contributed by atoms with E-state index < -0.39 is 0 Å². The van der Waals surface area contributed by atoms with Crippen LogP contribution in [0.4, 0.5) is 5.82 Å². The number of benzene rings is 1. The van der Waals surface area contributed by atoms with E-state index in [1.54, 1.807) is 19.3 Å². The summed E-state index contributed by atoms with van der Waals surface area (Å²) >= 11 is 0. The average molecular weight is 389 g/mol. The second-order valence-electron chi connectivity index (χ2n) is 7.08. The minimum atomic E-state index is -0.0348. The molecule has 0 radical (unpaired) electrons. The summed E-state index contributed by atoms with van der Waals surface area (Å²) in [6.45, 7) is 3.07. The Balaban J connectivity index is 1.38. The van der Waals surface area contributed by atoms with Crippen molar-refractivity contribution in [1.29, 1.82) is 0 Å². The van der Waals surface area contributed by atoms with Gasteiger partial charge in [-0.15, -0.1) is 0 Å². The van der Waals surface area contributed by atoms with Crippen LogP contribution in [0.15, 0.2) is 47.5 Å². The first-order valence-corrected chi connectivity index (χ1v) is 9.41.